The Labute approximate surface area is 155 Å². The van der Waals surface area contributed by atoms with E-state index in [0.29, 0.717) is 17.3 Å². The molecule has 1 amide bonds. The molecule has 3 aromatic rings. The van der Waals surface area contributed by atoms with E-state index < -0.39 is 12.1 Å². The van der Waals surface area contributed by atoms with Crippen LogP contribution in [0.25, 0.3) is 0 Å². The minimum absolute atomic E-state index is 0.111. The Morgan fingerprint density at radius 2 is 1.96 bits per heavy atom. The molecule has 7 heteroatoms. The Hall–Kier alpha value is -3.35. The zero-order valence-electron chi connectivity index (χ0n) is 14.6. The van der Waals surface area contributed by atoms with Crippen LogP contribution in [0, 0.1) is 5.82 Å². The largest absolute Gasteiger partial charge is 0.485 e. The Balaban J connectivity index is 1.58. The third-order valence-electron chi connectivity index (χ3n) is 4.41. The number of nitrogens with one attached hydrogen (secondary N) is 1. The van der Waals surface area contributed by atoms with Crippen LogP contribution in [0.4, 0.5) is 4.39 Å². The van der Waals surface area contributed by atoms with E-state index in [9.17, 15) is 9.18 Å². The number of amides is 1. The number of hydrogen-bond donors (Lipinski definition) is 1. The average Bonchev–Trinajstić information content (AvgIpc) is 3.12. The van der Waals surface area contributed by atoms with E-state index in [1.54, 1.807) is 36.7 Å². The molecule has 0 aliphatic carbocycles. The van der Waals surface area contributed by atoms with Crippen molar-refractivity contribution in [1.29, 1.82) is 0 Å². The summed E-state index contributed by atoms with van der Waals surface area (Å²) in [7, 11) is 1.83. The summed E-state index contributed by atoms with van der Waals surface area (Å²) >= 11 is 0. The van der Waals surface area contributed by atoms with Gasteiger partial charge < -0.3 is 19.4 Å². The van der Waals surface area contributed by atoms with Gasteiger partial charge in [0.2, 0.25) is 6.10 Å². The molecule has 0 spiro atoms. The number of para-hydroxylation sites is 2. The van der Waals surface area contributed by atoms with Crippen molar-refractivity contribution in [2.24, 2.45) is 7.05 Å². The fraction of sp³-hybridized carbons (Fsp3) is 0.200. The molecule has 1 aliphatic heterocycles. The van der Waals surface area contributed by atoms with Crippen molar-refractivity contribution in [2.45, 2.75) is 12.1 Å². The molecule has 2 atom stereocenters. The van der Waals surface area contributed by atoms with Gasteiger partial charge in [0.05, 0.1) is 0 Å². The summed E-state index contributed by atoms with van der Waals surface area (Å²) in [5.41, 5.74) is 0.719. The summed E-state index contributed by atoms with van der Waals surface area (Å²) in [6.45, 7) is 0.111. The number of rotatable bonds is 4. The van der Waals surface area contributed by atoms with Gasteiger partial charge >= 0.3 is 0 Å². The first-order chi connectivity index (χ1) is 13.1. The number of hydrogen-bond acceptors (Lipinski definition) is 4. The highest BCUT2D eigenvalue weighted by Crippen LogP contribution is 2.31. The highest BCUT2D eigenvalue weighted by molar-refractivity contribution is 5.82. The summed E-state index contributed by atoms with van der Waals surface area (Å²) in [6, 6.07) is 12.6. The summed E-state index contributed by atoms with van der Waals surface area (Å²) in [5, 5.41) is 2.95. The van der Waals surface area contributed by atoms with Crippen LogP contribution in [0.3, 0.4) is 0 Å². The normalized spacial score (nSPS) is 16.6. The minimum atomic E-state index is -0.789. The monoisotopic (exact) mass is 367 g/mol. The molecule has 1 aliphatic rings. The number of ether oxygens (including phenoxy) is 2. The zero-order chi connectivity index (χ0) is 18.8. The molecule has 0 saturated carbocycles. The van der Waals surface area contributed by atoms with Crippen LogP contribution in [-0.2, 0) is 11.8 Å². The van der Waals surface area contributed by atoms with E-state index in [2.05, 4.69) is 10.3 Å². The van der Waals surface area contributed by atoms with Crippen LogP contribution in [0.2, 0.25) is 0 Å². The second-order valence-corrected chi connectivity index (χ2v) is 6.25. The molecule has 6 nitrogen and oxygen atoms in total. The Morgan fingerprint density at radius 1 is 1.22 bits per heavy atom. The first-order valence-corrected chi connectivity index (χ1v) is 8.53. The molecule has 0 radical (unpaired) electrons. The Kier molecular flexibility index (Phi) is 4.50. The van der Waals surface area contributed by atoms with Gasteiger partial charge in [-0.25, -0.2) is 9.37 Å². The third kappa shape index (κ3) is 3.48. The number of aryl methyl sites for hydroxylation is 1. The van der Waals surface area contributed by atoms with Crippen LogP contribution in [0.15, 0.2) is 60.9 Å². The average molecular weight is 367 g/mol. The molecule has 138 valence electrons. The summed E-state index contributed by atoms with van der Waals surface area (Å²) in [6.07, 6.45) is 2.64. The van der Waals surface area contributed by atoms with E-state index in [4.69, 9.17) is 9.47 Å². The number of carbonyl (C=O) groups is 1. The van der Waals surface area contributed by atoms with E-state index in [1.165, 1.54) is 12.1 Å². The number of nitrogens with zero attached hydrogens (tertiary/aromatic N) is 2. The van der Waals surface area contributed by atoms with E-state index >= 15 is 0 Å². The van der Waals surface area contributed by atoms with E-state index in [0.717, 1.165) is 5.56 Å². The topological polar surface area (TPSA) is 65.4 Å². The molecule has 0 fully saturated rings. The van der Waals surface area contributed by atoms with Gasteiger partial charge in [0.15, 0.2) is 11.5 Å². The molecule has 2 unspecified atom stereocenters. The number of halogens is 1. The molecule has 1 aromatic heterocycles. The Morgan fingerprint density at radius 3 is 2.67 bits per heavy atom. The lowest BCUT2D eigenvalue weighted by Crippen LogP contribution is -2.45. The van der Waals surface area contributed by atoms with Crippen LogP contribution in [0.1, 0.15) is 17.4 Å². The van der Waals surface area contributed by atoms with Gasteiger partial charge in [0.25, 0.3) is 5.91 Å². The lowest BCUT2D eigenvalue weighted by atomic mass is 10.1. The Bertz CT molecular complexity index is 955. The molecular formula is C20H18FN3O3. The second kappa shape index (κ2) is 7.11. The van der Waals surface area contributed by atoms with Crippen LogP contribution in [-0.4, -0.2) is 28.2 Å². The second-order valence-electron chi connectivity index (χ2n) is 6.25. The van der Waals surface area contributed by atoms with Crippen molar-refractivity contribution in [2.75, 3.05) is 6.61 Å². The number of carbonyl (C=O) groups excluding carboxylic acids is 1. The van der Waals surface area contributed by atoms with Crippen molar-refractivity contribution in [3.05, 3.63) is 78.1 Å². The summed E-state index contributed by atoms with van der Waals surface area (Å²) < 4.78 is 26.5. The summed E-state index contributed by atoms with van der Waals surface area (Å²) in [5.74, 6) is 1.10. The van der Waals surface area contributed by atoms with Gasteiger partial charge in [-0.1, -0.05) is 24.3 Å². The van der Waals surface area contributed by atoms with Crippen molar-refractivity contribution in [1.82, 2.24) is 14.9 Å². The SMILES string of the molecule is Cn1ccnc1C(NC(=O)C1COc2ccccc2O1)c1ccc(F)cc1. The fourth-order valence-corrected chi connectivity index (χ4v) is 2.99. The first-order valence-electron chi connectivity index (χ1n) is 8.53. The molecular weight excluding hydrogens is 349 g/mol. The quantitative estimate of drug-likeness (QED) is 0.770. The number of imidazole rings is 1. The van der Waals surface area contributed by atoms with Crippen molar-refractivity contribution < 1.29 is 18.7 Å². The molecule has 0 saturated heterocycles. The maximum Gasteiger partial charge on any atom is 0.265 e. The molecule has 2 heterocycles. The van der Waals surface area contributed by atoms with Gasteiger partial charge in [-0.15, -0.1) is 0 Å². The van der Waals surface area contributed by atoms with Gasteiger partial charge in [0.1, 0.15) is 24.3 Å². The lowest BCUT2D eigenvalue weighted by molar-refractivity contribution is -0.130. The minimum Gasteiger partial charge on any atom is -0.485 e. The predicted octanol–water partition coefficient (Wildman–Crippen LogP) is 2.60. The maximum atomic E-state index is 13.3. The van der Waals surface area contributed by atoms with Crippen LogP contribution < -0.4 is 14.8 Å². The van der Waals surface area contributed by atoms with E-state index in [1.807, 2.05) is 23.7 Å². The van der Waals surface area contributed by atoms with Gasteiger partial charge in [0, 0.05) is 19.4 Å². The molecule has 1 N–H and O–H groups in total. The number of fused-ring (bicyclic) bond motifs is 1. The molecule has 4 rings (SSSR count). The van der Waals surface area contributed by atoms with Gasteiger partial charge in [-0.05, 0) is 29.8 Å². The first kappa shape index (κ1) is 17.1. The van der Waals surface area contributed by atoms with E-state index in [-0.39, 0.29) is 18.3 Å². The number of aromatic nitrogens is 2. The lowest BCUT2D eigenvalue weighted by Gasteiger charge is -2.27. The van der Waals surface area contributed by atoms with Crippen LogP contribution in [0.5, 0.6) is 11.5 Å². The smallest absolute Gasteiger partial charge is 0.265 e. The third-order valence-corrected chi connectivity index (χ3v) is 4.41. The van der Waals surface area contributed by atoms with Crippen molar-refractivity contribution >= 4 is 5.91 Å². The molecule has 27 heavy (non-hydrogen) atoms. The summed E-state index contributed by atoms with van der Waals surface area (Å²) in [4.78, 5) is 17.2. The zero-order valence-corrected chi connectivity index (χ0v) is 14.6. The standard InChI is InChI=1S/C20H18FN3O3/c1-24-11-10-22-19(24)18(13-6-8-14(21)9-7-13)23-20(25)17-12-26-15-4-2-3-5-16(15)27-17/h2-11,17-18H,12H2,1H3,(H,23,25). The van der Waals surface area contributed by atoms with Crippen molar-refractivity contribution in [3.63, 3.8) is 0 Å². The highest BCUT2D eigenvalue weighted by Gasteiger charge is 2.30. The van der Waals surface area contributed by atoms with Gasteiger partial charge in [-0.3, -0.25) is 4.79 Å². The number of benzene rings is 2. The molecule has 0 bridgehead atoms. The molecule has 2 aromatic carbocycles. The fourth-order valence-electron chi connectivity index (χ4n) is 2.99. The van der Waals surface area contributed by atoms with Crippen LogP contribution >= 0.6 is 0 Å². The maximum absolute atomic E-state index is 13.3. The van der Waals surface area contributed by atoms with Crippen molar-refractivity contribution in [3.8, 4) is 11.5 Å². The van der Waals surface area contributed by atoms with Gasteiger partial charge in [-0.2, -0.15) is 0 Å². The highest BCUT2D eigenvalue weighted by atomic mass is 19.1. The predicted molar refractivity (Wildman–Crippen MR) is 95.9 cm³/mol.